The van der Waals surface area contributed by atoms with Gasteiger partial charge >= 0.3 is 0 Å². The second-order valence-corrected chi connectivity index (χ2v) is 8.76. The molecule has 1 unspecified atom stereocenters. The average Bonchev–Trinajstić information content (AvgIpc) is 2.87. The first-order chi connectivity index (χ1) is 17.3. The van der Waals surface area contributed by atoms with E-state index in [2.05, 4.69) is 0 Å². The first-order valence-electron chi connectivity index (χ1n) is 11.9. The van der Waals surface area contributed by atoms with E-state index < -0.39 is 35.1 Å². The number of allylic oxidation sites excluding steroid dienone is 3. The summed E-state index contributed by atoms with van der Waals surface area (Å²) in [6.45, 7) is 4.54. The molecule has 0 radical (unpaired) electrons. The number of ether oxygens (including phenoxy) is 1. The van der Waals surface area contributed by atoms with Crippen molar-refractivity contribution >= 4 is 5.91 Å². The number of aromatic hydroxyl groups is 1. The van der Waals surface area contributed by atoms with Crippen LogP contribution in [0.2, 0.25) is 0 Å². The molecule has 2 aliphatic rings. The number of benzene rings is 1. The highest BCUT2D eigenvalue weighted by Gasteiger charge is 2.35. The van der Waals surface area contributed by atoms with Crippen molar-refractivity contribution in [2.24, 2.45) is 0 Å². The van der Waals surface area contributed by atoms with E-state index in [0.29, 0.717) is 13.0 Å². The second-order valence-electron chi connectivity index (χ2n) is 8.76. The van der Waals surface area contributed by atoms with E-state index in [1.165, 1.54) is 29.1 Å². The highest BCUT2D eigenvalue weighted by Crippen LogP contribution is 2.26. The van der Waals surface area contributed by atoms with Gasteiger partial charge in [0.15, 0.2) is 29.2 Å². The fraction of sp³-hybridized carbons (Fsp3) is 0.333. The number of aryl methyl sites for hydroxylation is 1. The zero-order valence-corrected chi connectivity index (χ0v) is 20.2. The molecule has 4 rings (SSSR count). The summed E-state index contributed by atoms with van der Waals surface area (Å²) in [6, 6.07) is 8.70. The topological polar surface area (TPSA) is 75.0 Å². The van der Waals surface area contributed by atoms with Gasteiger partial charge in [0.05, 0.1) is 12.6 Å². The Kier molecular flexibility index (Phi) is 7.57. The van der Waals surface area contributed by atoms with Gasteiger partial charge in [-0.05, 0) is 36.6 Å². The molecule has 2 aromatic rings. The number of aromatic nitrogens is 1. The number of carbonyl (C=O) groups excluding carboxylic acids is 1. The van der Waals surface area contributed by atoms with Crippen molar-refractivity contribution in [1.82, 2.24) is 9.58 Å². The van der Waals surface area contributed by atoms with Gasteiger partial charge in [-0.25, -0.2) is 8.78 Å². The highest BCUT2D eigenvalue weighted by atomic mass is 19.2. The molecule has 9 heteroatoms. The molecule has 0 fully saturated rings. The van der Waals surface area contributed by atoms with E-state index in [9.17, 15) is 23.5 Å². The summed E-state index contributed by atoms with van der Waals surface area (Å²) < 4.78 is 34.3. The van der Waals surface area contributed by atoms with Crippen LogP contribution in [-0.2, 0) is 11.3 Å². The first kappa shape index (κ1) is 25.2. The third kappa shape index (κ3) is 5.05. The van der Waals surface area contributed by atoms with Crippen LogP contribution in [0.1, 0.15) is 41.4 Å². The van der Waals surface area contributed by atoms with Crippen LogP contribution in [0.15, 0.2) is 77.2 Å². The zero-order valence-electron chi connectivity index (χ0n) is 20.2. The van der Waals surface area contributed by atoms with Crippen molar-refractivity contribution in [3.63, 3.8) is 0 Å². The molecular weight excluding hydrogens is 468 g/mol. The van der Waals surface area contributed by atoms with Crippen molar-refractivity contribution in [1.29, 1.82) is 0 Å². The van der Waals surface area contributed by atoms with Crippen LogP contribution in [0.5, 0.6) is 5.75 Å². The molecule has 1 aromatic carbocycles. The maximum Gasteiger partial charge on any atom is 0.278 e. The smallest absolute Gasteiger partial charge is 0.278 e. The Morgan fingerprint density at radius 3 is 2.78 bits per heavy atom. The van der Waals surface area contributed by atoms with Gasteiger partial charge < -0.3 is 14.7 Å². The number of fused-ring (bicyclic) bond motifs is 1. The minimum Gasteiger partial charge on any atom is -0.502 e. The van der Waals surface area contributed by atoms with Gasteiger partial charge in [0.25, 0.3) is 5.91 Å². The third-order valence-electron chi connectivity index (χ3n) is 6.39. The fourth-order valence-corrected chi connectivity index (χ4v) is 4.32. The predicted molar refractivity (Wildman–Crippen MR) is 132 cm³/mol. The van der Waals surface area contributed by atoms with Gasteiger partial charge in [0, 0.05) is 18.7 Å². The molecule has 2 atom stereocenters. The summed E-state index contributed by atoms with van der Waals surface area (Å²) in [5.41, 5.74) is 1.38. The summed E-state index contributed by atoms with van der Waals surface area (Å²) >= 11 is 0. The summed E-state index contributed by atoms with van der Waals surface area (Å²) in [4.78, 5) is 27.2. The van der Waals surface area contributed by atoms with Crippen LogP contribution in [0, 0.1) is 6.92 Å². The fourth-order valence-electron chi connectivity index (χ4n) is 4.32. The molecule has 1 aromatic heterocycles. The number of alkyl halides is 1. The number of pyridine rings is 1. The molecule has 0 bridgehead atoms. The van der Waals surface area contributed by atoms with Gasteiger partial charge in [-0.15, -0.1) is 0 Å². The molecular formula is C27H29F2N3O4. The first-order valence-corrected chi connectivity index (χ1v) is 11.9. The van der Waals surface area contributed by atoms with Gasteiger partial charge in [-0.2, -0.15) is 0 Å². The molecule has 36 heavy (non-hydrogen) atoms. The predicted octanol–water partition coefficient (Wildman–Crippen LogP) is 4.24. The number of halogens is 2. The van der Waals surface area contributed by atoms with Crippen LogP contribution in [-0.4, -0.2) is 46.1 Å². The summed E-state index contributed by atoms with van der Waals surface area (Å²) in [7, 11) is 0. The Bertz CT molecular complexity index is 1280. The maximum absolute atomic E-state index is 13.9. The maximum atomic E-state index is 13.9. The van der Waals surface area contributed by atoms with Gasteiger partial charge in [0.2, 0.25) is 5.43 Å². The van der Waals surface area contributed by atoms with Crippen LogP contribution in [0.25, 0.3) is 0 Å². The van der Waals surface area contributed by atoms with Crippen molar-refractivity contribution < 1.29 is 23.4 Å². The summed E-state index contributed by atoms with van der Waals surface area (Å²) in [6.07, 6.45) is 6.66. The normalized spacial score (nSPS) is 18.7. The van der Waals surface area contributed by atoms with Crippen molar-refractivity contribution in [3.8, 4) is 5.75 Å². The molecule has 190 valence electrons. The van der Waals surface area contributed by atoms with Gasteiger partial charge in [0.1, 0.15) is 13.3 Å². The molecule has 1 aliphatic carbocycles. The van der Waals surface area contributed by atoms with Crippen LogP contribution in [0.4, 0.5) is 8.78 Å². The quantitative estimate of drug-likeness (QED) is 0.552. The van der Waals surface area contributed by atoms with E-state index in [1.807, 2.05) is 43.1 Å². The molecule has 1 N–H and O–H groups in total. The SMILES string of the molecule is CC[C@@H](/C=C/COC1=C(F)C(F)CC=C1)N1CN(Cc2ccccc2C)n2ccc(=O)c(O)c2C1=O. The van der Waals surface area contributed by atoms with Crippen molar-refractivity contribution in [2.45, 2.75) is 45.4 Å². The molecule has 1 aliphatic heterocycles. The van der Waals surface area contributed by atoms with Gasteiger partial charge in [-0.1, -0.05) is 43.3 Å². The van der Waals surface area contributed by atoms with E-state index >= 15 is 0 Å². The second kappa shape index (κ2) is 10.8. The Balaban J connectivity index is 1.58. The van der Waals surface area contributed by atoms with Crippen molar-refractivity contribution in [2.75, 3.05) is 18.3 Å². The lowest BCUT2D eigenvalue weighted by atomic mass is 10.1. The molecule has 0 saturated carbocycles. The van der Waals surface area contributed by atoms with Crippen LogP contribution < -0.4 is 10.4 Å². The van der Waals surface area contributed by atoms with Crippen molar-refractivity contribution in [3.05, 3.63) is 99.5 Å². The lowest BCUT2D eigenvalue weighted by Crippen LogP contribution is -2.56. The number of rotatable bonds is 8. The molecule has 0 spiro atoms. The molecule has 7 nitrogen and oxygen atoms in total. The third-order valence-corrected chi connectivity index (χ3v) is 6.39. The van der Waals surface area contributed by atoms with E-state index in [0.717, 1.165) is 11.1 Å². The number of carbonyl (C=O) groups is 1. The number of amides is 1. The lowest BCUT2D eigenvalue weighted by molar-refractivity contribution is 0.0631. The van der Waals surface area contributed by atoms with E-state index in [-0.39, 0.29) is 31.1 Å². The molecule has 0 saturated heterocycles. The Morgan fingerprint density at radius 1 is 1.25 bits per heavy atom. The number of nitrogens with zero attached hydrogens (tertiary/aromatic N) is 3. The van der Waals surface area contributed by atoms with Crippen LogP contribution >= 0.6 is 0 Å². The highest BCUT2D eigenvalue weighted by molar-refractivity contribution is 5.96. The Morgan fingerprint density at radius 2 is 2.03 bits per heavy atom. The van der Waals surface area contributed by atoms with Gasteiger partial charge in [-0.3, -0.25) is 19.3 Å². The number of hydrogen-bond donors (Lipinski definition) is 1. The standard InChI is InChI=1S/C27H29F2N3O4/c1-3-20(10-7-15-36-23-12-6-11-21(28)24(23)29)31-17-30(16-19-9-5-4-8-18(19)2)32-14-13-22(33)26(34)25(32)27(31)35/h4-10,12-14,20-21,34H,3,11,15-17H2,1-2H3/b10-7+/t20-,21?/m0/s1. The molecule has 1 amide bonds. The lowest BCUT2D eigenvalue weighted by Gasteiger charge is -2.42. The Labute approximate surface area is 208 Å². The van der Waals surface area contributed by atoms with E-state index in [1.54, 1.807) is 17.1 Å². The molecule has 2 heterocycles. The van der Waals surface area contributed by atoms with E-state index in [4.69, 9.17) is 4.74 Å². The zero-order chi connectivity index (χ0) is 25.8. The number of hydrogen-bond acceptors (Lipinski definition) is 5. The largest absolute Gasteiger partial charge is 0.502 e. The summed E-state index contributed by atoms with van der Waals surface area (Å²) in [5.74, 6) is -2.14. The Hall–Kier alpha value is -3.88. The van der Waals surface area contributed by atoms with Crippen LogP contribution in [0.3, 0.4) is 0 Å². The minimum absolute atomic E-state index is 0.00738. The summed E-state index contributed by atoms with van der Waals surface area (Å²) in [5, 5.41) is 12.4. The average molecular weight is 498 g/mol. The minimum atomic E-state index is -1.70. The monoisotopic (exact) mass is 497 g/mol.